The van der Waals surface area contributed by atoms with E-state index in [4.69, 9.17) is 15.2 Å². The predicted octanol–water partition coefficient (Wildman–Crippen LogP) is 0.422. The molecule has 100 valence electrons. The molecule has 1 heterocycles. The minimum Gasteiger partial charge on any atom is -0.376 e. The van der Waals surface area contributed by atoms with Crippen molar-refractivity contribution in [2.24, 2.45) is 5.73 Å². The van der Waals surface area contributed by atoms with Crippen LogP contribution in [0, 0.1) is 0 Å². The Balaban J connectivity index is 2.46. The Labute approximate surface area is 103 Å². The Bertz CT molecular complexity index is 262. The molecule has 0 aromatic carbocycles. The van der Waals surface area contributed by atoms with Crippen LogP contribution in [0.1, 0.15) is 33.6 Å². The molecule has 1 aliphatic heterocycles. The maximum Gasteiger partial charge on any atom is 0.239 e. The van der Waals surface area contributed by atoms with Gasteiger partial charge in [-0.2, -0.15) is 0 Å². The zero-order valence-electron chi connectivity index (χ0n) is 11.2. The molecule has 5 heteroatoms. The number of hydrogen-bond donors (Lipinski definition) is 2. The van der Waals surface area contributed by atoms with Crippen molar-refractivity contribution in [3.05, 3.63) is 0 Å². The number of likely N-dealkylation sites (N-methyl/N-ethyl adjacent to an activating group) is 1. The van der Waals surface area contributed by atoms with Crippen molar-refractivity contribution in [1.29, 1.82) is 0 Å². The lowest BCUT2D eigenvalue weighted by molar-refractivity contribution is -0.132. The van der Waals surface area contributed by atoms with E-state index in [0.29, 0.717) is 6.61 Å². The number of amides is 1. The van der Waals surface area contributed by atoms with Gasteiger partial charge in [-0.1, -0.05) is 0 Å². The van der Waals surface area contributed by atoms with E-state index < -0.39 is 11.4 Å². The van der Waals surface area contributed by atoms with E-state index in [1.54, 1.807) is 14.0 Å². The topological polar surface area (TPSA) is 73.6 Å². The van der Waals surface area contributed by atoms with Gasteiger partial charge in [0.2, 0.25) is 5.91 Å². The van der Waals surface area contributed by atoms with Crippen LogP contribution < -0.4 is 11.1 Å². The maximum atomic E-state index is 11.3. The fraction of sp³-hybridized carbons (Fsp3) is 0.917. The van der Waals surface area contributed by atoms with Gasteiger partial charge in [0.1, 0.15) is 5.54 Å². The summed E-state index contributed by atoms with van der Waals surface area (Å²) in [6.45, 7) is 6.12. The van der Waals surface area contributed by atoms with Crippen LogP contribution in [0.3, 0.4) is 0 Å². The highest BCUT2D eigenvalue weighted by Gasteiger charge is 2.32. The molecular formula is C12H24N2O3. The molecule has 1 amide bonds. The SMILES string of the molecule is CNC(C)(COC1CC(C)OC(C)C1)C(N)=O. The van der Waals surface area contributed by atoms with E-state index in [1.807, 2.05) is 13.8 Å². The Hall–Kier alpha value is -0.650. The van der Waals surface area contributed by atoms with Crippen LogP contribution >= 0.6 is 0 Å². The van der Waals surface area contributed by atoms with Crippen LogP contribution in [0.5, 0.6) is 0 Å². The second kappa shape index (κ2) is 5.80. The zero-order valence-corrected chi connectivity index (χ0v) is 11.2. The fourth-order valence-electron chi connectivity index (χ4n) is 2.03. The number of rotatable bonds is 5. The number of ether oxygens (including phenoxy) is 2. The average Bonchev–Trinajstić information content (AvgIpc) is 2.24. The lowest BCUT2D eigenvalue weighted by Gasteiger charge is -2.34. The molecule has 0 spiro atoms. The minimum absolute atomic E-state index is 0.140. The van der Waals surface area contributed by atoms with Crippen LogP contribution in [0.15, 0.2) is 0 Å². The molecule has 0 aromatic heterocycles. The van der Waals surface area contributed by atoms with Gasteiger partial charge in [-0.3, -0.25) is 4.79 Å². The van der Waals surface area contributed by atoms with Crippen LogP contribution in [-0.4, -0.2) is 43.4 Å². The normalized spacial score (nSPS) is 33.1. The van der Waals surface area contributed by atoms with Gasteiger partial charge in [0.25, 0.3) is 0 Å². The molecule has 3 N–H and O–H groups in total. The van der Waals surface area contributed by atoms with Crippen molar-refractivity contribution >= 4 is 5.91 Å². The minimum atomic E-state index is -0.801. The summed E-state index contributed by atoms with van der Waals surface area (Å²) in [6, 6.07) is 0. The van der Waals surface area contributed by atoms with Gasteiger partial charge >= 0.3 is 0 Å². The molecule has 1 rings (SSSR count). The maximum absolute atomic E-state index is 11.3. The first-order valence-electron chi connectivity index (χ1n) is 6.13. The zero-order chi connectivity index (χ0) is 13.1. The monoisotopic (exact) mass is 244 g/mol. The van der Waals surface area contributed by atoms with Crippen LogP contribution in [-0.2, 0) is 14.3 Å². The van der Waals surface area contributed by atoms with Crippen molar-refractivity contribution in [1.82, 2.24) is 5.32 Å². The van der Waals surface area contributed by atoms with Crippen molar-refractivity contribution in [2.45, 2.75) is 57.5 Å². The second-order valence-corrected chi connectivity index (χ2v) is 5.11. The smallest absolute Gasteiger partial charge is 0.239 e. The molecule has 1 aliphatic rings. The first kappa shape index (κ1) is 14.4. The largest absolute Gasteiger partial charge is 0.376 e. The number of hydrogen-bond acceptors (Lipinski definition) is 4. The van der Waals surface area contributed by atoms with Crippen molar-refractivity contribution in [3.8, 4) is 0 Å². The molecular weight excluding hydrogens is 220 g/mol. The van der Waals surface area contributed by atoms with Crippen LogP contribution in [0.4, 0.5) is 0 Å². The molecule has 0 radical (unpaired) electrons. The number of carbonyl (C=O) groups is 1. The fourth-order valence-corrected chi connectivity index (χ4v) is 2.03. The summed E-state index contributed by atoms with van der Waals surface area (Å²) in [5, 5.41) is 2.91. The summed E-state index contributed by atoms with van der Waals surface area (Å²) >= 11 is 0. The molecule has 5 nitrogen and oxygen atoms in total. The highest BCUT2D eigenvalue weighted by Crippen LogP contribution is 2.22. The van der Waals surface area contributed by atoms with Crippen molar-refractivity contribution < 1.29 is 14.3 Å². The van der Waals surface area contributed by atoms with Crippen molar-refractivity contribution in [2.75, 3.05) is 13.7 Å². The highest BCUT2D eigenvalue weighted by molar-refractivity contribution is 5.84. The molecule has 1 fully saturated rings. The van der Waals surface area contributed by atoms with Gasteiger partial charge in [-0.25, -0.2) is 0 Å². The quantitative estimate of drug-likeness (QED) is 0.735. The third-order valence-electron chi connectivity index (χ3n) is 3.36. The molecule has 0 aromatic rings. The third-order valence-corrected chi connectivity index (χ3v) is 3.36. The first-order valence-corrected chi connectivity index (χ1v) is 6.13. The number of nitrogens with two attached hydrogens (primary N) is 1. The summed E-state index contributed by atoms with van der Waals surface area (Å²) in [6.07, 6.45) is 2.28. The summed E-state index contributed by atoms with van der Waals surface area (Å²) in [5.41, 5.74) is 4.54. The van der Waals surface area contributed by atoms with Gasteiger partial charge in [-0.15, -0.1) is 0 Å². The highest BCUT2D eigenvalue weighted by atomic mass is 16.5. The Morgan fingerprint density at radius 2 is 2.00 bits per heavy atom. The Morgan fingerprint density at radius 1 is 1.47 bits per heavy atom. The van der Waals surface area contributed by atoms with Gasteiger partial charge in [0.15, 0.2) is 0 Å². The lowest BCUT2D eigenvalue weighted by Crippen LogP contribution is -2.55. The van der Waals surface area contributed by atoms with Gasteiger partial charge in [0.05, 0.1) is 24.9 Å². The van der Waals surface area contributed by atoms with Crippen LogP contribution in [0.2, 0.25) is 0 Å². The van der Waals surface area contributed by atoms with E-state index in [0.717, 1.165) is 12.8 Å². The second-order valence-electron chi connectivity index (χ2n) is 5.11. The molecule has 17 heavy (non-hydrogen) atoms. The number of primary amides is 1. The molecule has 3 atom stereocenters. The molecule has 3 unspecified atom stereocenters. The van der Waals surface area contributed by atoms with Gasteiger partial charge in [-0.05, 0) is 40.7 Å². The molecule has 1 saturated heterocycles. The van der Waals surface area contributed by atoms with E-state index in [-0.39, 0.29) is 18.3 Å². The van der Waals surface area contributed by atoms with E-state index in [1.165, 1.54) is 0 Å². The van der Waals surface area contributed by atoms with E-state index in [9.17, 15) is 4.79 Å². The van der Waals surface area contributed by atoms with E-state index >= 15 is 0 Å². The number of nitrogens with one attached hydrogen (secondary N) is 1. The molecule has 0 bridgehead atoms. The average molecular weight is 244 g/mol. The predicted molar refractivity (Wildman–Crippen MR) is 65.6 cm³/mol. The molecule has 0 aliphatic carbocycles. The number of carbonyl (C=O) groups excluding carboxylic acids is 1. The summed E-state index contributed by atoms with van der Waals surface area (Å²) < 4.78 is 11.4. The van der Waals surface area contributed by atoms with Crippen LogP contribution in [0.25, 0.3) is 0 Å². The first-order chi connectivity index (χ1) is 7.87. The summed E-state index contributed by atoms with van der Waals surface area (Å²) in [5.74, 6) is -0.395. The Morgan fingerprint density at radius 3 is 2.41 bits per heavy atom. The van der Waals surface area contributed by atoms with Crippen molar-refractivity contribution in [3.63, 3.8) is 0 Å². The van der Waals surface area contributed by atoms with E-state index in [2.05, 4.69) is 5.32 Å². The standard InChI is InChI=1S/C12H24N2O3/c1-8-5-10(6-9(2)17-8)16-7-12(3,14-4)11(13)15/h8-10,14H,5-7H2,1-4H3,(H2,13,15). The third kappa shape index (κ3) is 3.94. The summed E-state index contributed by atoms with van der Waals surface area (Å²) in [4.78, 5) is 11.3. The summed E-state index contributed by atoms with van der Waals surface area (Å²) in [7, 11) is 1.71. The van der Waals surface area contributed by atoms with Gasteiger partial charge < -0.3 is 20.5 Å². The van der Waals surface area contributed by atoms with Gasteiger partial charge in [0, 0.05) is 0 Å². The molecule has 0 saturated carbocycles. The Kier molecular flexibility index (Phi) is 4.91. The lowest BCUT2D eigenvalue weighted by atomic mass is 10.0.